The molecule has 8 heteroatoms. The van der Waals surface area contributed by atoms with Gasteiger partial charge in [0.05, 0.1) is 40.3 Å². The number of hydrogen-bond donors (Lipinski definition) is 0. The number of esters is 2. The van der Waals surface area contributed by atoms with Crippen molar-refractivity contribution in [3.05, 3.63) is 36.5 Å². The van der Waals surface area contributed by atoms with E-state index in [9.17, 15) is 19.5 Å². The fourth-order valence-corrected chi connectivity index (χ4v) is 7.97. The number of aliphatic carboxylic acids is 1. The Hall–Kier alpha value is -2.45. The van der Waals surface area contributed by atoms with Crippen LogP contribution in [0.5, 0.6) is 0 Å². The average molecular weight is 888 g/mol. The zero-order valence-electron chi connectivity index (χ0n) is 42.0. The van der Waals surface area contributed by atoms with Crippen molar-refractivity contribution in [2.24, 2.45) is 0 Å². The Bertz CT molecular complexity index is 1130. The lowest BCUT2D eigenvalue weighted by Crippen LogP contribution is -2.55. The highest BCUT2D eigenvalue weighted by atomic mass is 16.6. The quantitative estimate of drug-likeness (QED) is 0.0259. The van der Waals surface area contributed by atoms with E-state index in [0.717, 1.165) is 64.2 Å². The van der Waals surface area contributed by atoms with Gasteiger partial charge in [-0.25, -0.2) is 0 Å². The van der Waals surface area contributed by atoms with Gasteiger partial charge in [0.1, 0.15) is 12.6 Å². The number of carbonyl (C=O) groups excluding carboxylic acids is 3. The first-order valence-electron chi connectivity index (χ1n) is 26.5. The fraction of sp³-hybridized carbons (Fsp3) is 0.836. The SMILES string of the molecule is CC/C=C/C/C=C/C/C=C/CCCCCCCCCCCC(=O)OCC(COCCC(C(=O)[O-])[N+](C)(C)C)OC(=O)CCCCCCCCCCCCCCCCCCCCCC. The van der Waals surface area contributed by atoms with Crippen LogP contribution >= 0.6 is 0 Å². The highest BCUT2D eigenvalue weighted by molar-refractivity contribution is 5.70. The number of carbonyl (C=O) groups is 3. The molecule has 0 heterocycles. The first kappa shape index (κ1) is 60.5. The molecule has 0 rings (SSSR count). The third-order valence-electron chi connectivity index (χ3n) is 12.0. The van der Waals surface area contributed by atoms with Crippen LogP contribution in [0.2, 0.25) is 0 Å². The van der Waals surface area contributed by atoms with Crippen LogP contribution < -0.4 is 5.11 Å². The van der Waals surface area contributed by atoms with Gasteiger partial charge in [0, 0.05) is 19.3 Å². The number of allylic oxidation sites excluding steroid dienone is 6. The second-order valence-corrected chi connectivity index (χ2v) is 19.1. The van der Waals surface area contributed by atoms with Gasteiger partial charge in [0.25, 0.3) is 0 Å². The van der Waals surface area contributed by atoms with Gasteiger partial charge in [-0.1, -0.05) is 217 Å². The van der Waals surface area contributed by atoms with Crippen LogP contribution in [0.1, 0.15) is 245 Å². The number of unbranched alkanes of at least 4 members (excludes halogenated alkanes) is 28. The minimum Gasteiger partial charge on any atom is -0.544 e. The first-order valence-corrected chi connectivity index (χ1v) is 26.5. The van der Waals surface area contributed by atoms with E-state index in [1.54, 1.807) is 0 Å². The number of nitrogens with zero attached hydrogens (tertiary/aromatic N) is 1. The number of carboxylic acids is 1. The summed E-state index contributed by atoms with van der Waals surface area (Å²) in [7, 11) is 5.42. The number of quaternary nitrogens is 1. The molecular formula is C55H101NO7. The molecule has 2 atom stereocenters. The molecule has 0 aliphatic rings. The van der Waals surface area contributed by atoms with Gasteiger partial charge in [0.15, 0.2) is 6.10 Å². The van der Waals surface area contributed by atoms with Crippen LogP contribution in [0.15, 0.2) is 36.5 Å². The Morgan fingerprint density at radius 1 is 0.492 bits per heavy atom. The van der Waals surface area contributed by atoms with E-state index in [1.807, 2.05) is 21.1 Å². The summed E-state index contributed by atoms with van der Waals surface area (Å²) in [6, 6.07) is -0.725. The highest BCUT2D eigenvalue weighted by Gasteiger charge is 2.25. The second-order valence-electron chi connectivity index (χ2n) is 19.1. The Kier molecular flexibility index (Phi) is 44.3. The van der Waals surface area contributed by atoms with Gasteiger partial charge >= 0.3 is 11.9 Å². The van der Waals surface area contributed by atoms with E-state index in [-0.39, 0.29) is 42.7 Å². The van der Waals surface area contributed by atoms with Crippen LogP contribution in [0.4, 0.5) is 0 Å². The lowest BCUT2D eigenvalue weighted by Gasteiger charge is -2.34. The predicted octanol–water partition coefficient (Wildman–Crippen LogP) is 14.0. The largest absolute Gasteiger partial charge is 0.544 e. The lowest BCUT2D eigenvalue weighted by atomic mass is 10.0. The van der Waals surface area contributed by atoms with Gasteiger partial charge in [-0.15, -0.1) is 0 Å². The molecule has 0 saturated carbocycles. The second kappa shape index (κ2) is 46.1. The number of carboxylic acid groups (broad SMARTS) is 1. The van der Waals surface area contributed by atoms with Crippen molar-refractivity contribution >= 4 is 17.9 Å². The Morgan fingerprint density at radius 2 is 0.889 bits per heavy atom. The fourth-order valence-electron chi connectivity index (χ4n) is 7.97. The third kappa shape index (κ3) is 44.5. The maximum atomic E-state index is 12.8. The summed E-state index contributed by atoms with van der Waals surface area (Å²) < 4.78 is 17.3. The van der Waals surface area contributed by atoms with Crippen LogP contribution in [-0.2, 0) is 28.6 Å². The first-order chi connectivity index (χ1) is 30.6. The molecule has 0 aromatic rings. The van der Waals surface area contributed by atoms with E-state index < -0.39 is 18.1 Å². The topological polar surface area (TPSA) is 102 Å². The van der Waals surface area contributed by atoms with Crippen LogP contribution in [0.3, 0.4) is 0 Å². The maximum Gasteiger partial charge on any atom is 0.306 e. The van der Waals surface area contributed by atoms with E-state index in [1.165, 1.54) is 148 Å². The Labute approximate surface area is 389 Å². The Morgan fingerprint density at radius 3 is 1.32 bits per heavy atom. The summed E-state index contributed by atoms with van der Waals surface area (Å²) in [4.78, 5) is 37.1. The summed E-state index contributed by atoms with van der Waals surface area (Å²) in [5, 5.41) is 11.7. The number of rotatable bonds is 48. The van der Waals surface area contributed by atoms with Gasteiger partial charge < -0.3 is 28.6 Å². The van der Waals surface area contributed by atoms with Crippen molar-refractivity contribution in [1.29, 1.82) is 0 Å². The standard InChI is InChI=1S/C55H101NO7/c1-6-8-10-12-14-16-18-20-22-24-26-28-30-32-34-36-38-40-42-44-46-54(58)63-51(49-61-48-47-52(55(59)60)56(3,4)5)50-62-53(57)45-43-41-39-37-35-33-31-29-27-25-23-21-19-17-15-13-11-9-7-2/h9,11,15,17,21,23,51-52H,6-8,10,12-14,16,18-20,22,24-50H2,1-5H3/b11-9+,17-15+,23-21+. The smallest absolute Gasteiger partial charge is 0.306 e. The summed E-state index contributed by atoms with van der Waals surface area (Å²) in [5.74, 6) is -1.73. The molecule has 0 radical (unpaired) electrons. The molecule has 8 nitrogen and oxygen atoms in total. The van der Waals surface area contributed by atoms with E-state index in [2.05, 4.69) is 50.3 Å². The Balaban J connectivity index is 4.20. The average Bonchev–Trinajstić information content (AvgIpc) is 3.24. The van der Waals surface area contributed by atoms with Crippen LogP contribution in [-0.4, -0.2) is 75.5 Å². The molecule has 0 saturated heterocycles. The molecule has 63 heavy (non-hydrogen) atoms. The van der Waals surface area contributed by atoms with Gasteiger partial charge in [-0.3, -0.25) is 9.59 Å². The van der Waals surface area contributed by atoms with Crippen molar-refractivity contribution in [2.75, 3.05) is 41.0 Å². The molecule has 2 unspecified atom stereocenters. The third-order valence-corrected chi connectivity index (χ3v) is 12.0. The van der Waals surface area contributed by atoms with Crippen molar-refractivity contribution in [3.8, 4) is 0 Å². The maximum absolute atomic E-state index is 12.8. The molecule has 0 N–H and O–H groups in total. The molecule has 0 amide bonds. The number of ether oxygens (including phenoxy) is 3. The van der Waals surface area contributed by atoms with Gasteiger partial charge in [0.2, 0.25) is 0 Å². The monoisotopic (exact) mass is 888 g/mol. The molecule has 0 bridgehead atoms. The van der Waals surface area contributed by atoms with Crippen molar-refractivity contribution in [1.82, 2.24) is 0 Å². The molecule has 368 valence electrons. The van der Waals surface area contributed by atoms with Crippen molar-refractivity contribution < 1.29 is 38.2 Å². The van der Waals surface area contributed by atoms with Crippen molar-refractivity contribution in [2.45, 2.75) is 257 Å². The molecule has 0 aromatic heterocycles. The van der Waals surface area contributed by atoms with Gasteiger partial charge in [-0.2, -0.15) is 0 Å². The summed E-state index contributed by atoms with van der Waals surface area (Å²) >= 11 is 0. The zero-order chi connectivity index (χ0) is 46.3. The van der Waals surface area contributed by atoms with Crippen LogP contribution in [0.25, 0.3) is 0 Å². The van der Waals surface area contributed by atoms with Crippen LogP contribution in [0, 0.1) is 0 Å². The normalized spacial score (nSPS) is 13.1. The van der Waals surface area contributed by atoms with E-state index >= 15 is 0 Å². The summed E-state index contributed by atoms with van der Waals surface area (Å²) in [6.07, 6.45) is 54.6. The molecule has 0 fully saturated rings. The zero-order valence-corrected chi connectivity index (χ0v) is 42.0. The minimum absolute atomic E-state index is 0.0426. The van der Waals surface area contributed by atoms with Crippen molar-refractivity contribution in [3.63, 3.8) is 0 Å². The van der Waals surface area contributed by atoms with E-state index in [4.69, 9.17) is 14.2 Å². The summed E-state index contributed by atoms with van der Waals surface area (Å²) in [6.45, 7) is 4.59. The predicted molar refractivity (Wildman–Crippen MR) is 263 cm³/mol. The summed E-state index contributed by atoms with van der Waals surface area (Å²) in [5.41, 5.74) is 0. The number of hydrogen-bond acceptors (Lipinski definition) is 7. The van der Waals surface area contributed by atoms with E-state index in [0.29, 0.717) is 12.8 Å². The molecule has 0 spiro atoms. The number of likely N-dealkylation sites (N-methyl/N-ethyl adjacent to an activating group) is 1. The molecule has 0 aliphatic carbocycles. The lowest BCUT2D eigenvalue weighted by molar-refractivity contribution is -0.889. The minimum atomic E-state index is -1.12. The molecular weight excluding hydrogens is 787 g/mol. The molecule has 0 aliphatic heterocycles. The molecule has 0 aromatic carbocycles. The highest BCUT2D eigenvalue weighted by Crippen LogP contribution is 2.17. The van der Waals surface area contributed by atoms with Gasteiger partial charge in [-0.05, 0) is 44.9 Å².